The second-order valence-corrected chi connectivity index (χ2v) is 6.04. The number of thiazole rings is 1. The van der Waals surface area contributed by atoms with Crippen LogP contribution in [0.15, 0.2) is 48.7 Å². The van der Waals surface area contributed by atoms with Crippen LogP contribution in [0.1, 0.15) is 11.4 Å². The molecule has 1 N–H and O–H groups in total. The van der Waals surface area contributed by atoms with Crippen molar-refractivity contribution in [3.8, 4) is 10.6 Å². The number of thiocarbonyl (C=S) groups is 1. The maximum atomic E-state index is 5.45. The van der Waals surface area contributed by atoms with Crippen molar-refractivity contribution in [1.29, 1.82) is 0 Å². The van der Waals surface area contributed by atoms with Crippen LogP contribution in [0.2, 0.25) is 0 Å². The highest BCUT2D eigenvalue weighted by molar-refractivity contribution is 7.81. The van der Waals surface area contributed by atoms with Gasteiger partial charge < -0.3 is 9.88 Å². The number of benzene rings is 1. The van der Waals surface area contributed by atoms with Gasteiger partial charge in [0.1, 0.15) is 15.0 Å². The van der Waals surface area contributed by atoms with E-state index in [0.717, 1.165) is 38.5 Å². The zero-order valence-corrected chi connectivity index (χ0v) is 12.2. The van der Waals surface area contributed by atoms with Crippen LogP contribution >= 0.6 is 23.6 Å². The summed E-state index contributed by atoms with van der Waals surface area (Å²) >= 11 is 7.11. The van der Waals surface area contributed by atoms with Crippen molar-refractivity contribution in [2.24, 2.45) is 0 Å². The number of hydrogen-bond donors (Lipinski definition) is 1. The molecule has 4 rings (SSSR count). The van der Waals surface area contributed by atoms with Crippen LogP contribution in [0.25, 0.3) is 10.6 Å². The molecule has 0 bridgehead atoms. The Morgan fingerprint density at radius 1 is 1.15 bits per heavy atom. The van der Waals surface area contributed by atoms with E-state index in [1.165, 1.54) is 0 Å². The molecule has 0 fully saturated rings. The Hall–Kier alpha value is -1.98. The largest absolute Gasteiger partial charge is 0.339 e. The van der Waals surface area contributed by atoms with Gasteiger partial charge in [0.05, 0.1) is 17.9 Å². The molecule has 1 aromatic carbocycles. The molecule has 3 aromatic rings. The van der Waals surface area contributed by atoms with Crippen LogP contribution in [0.5, 0.6) is 0 Å². The molecule has 2 aromatic heterocycles. The highest BCUT2D eigenvalue weighted by Gasteiger charge is 2.20. The Morgan fingerprint density at radius 3 is 2.85 bits per heavy atom. The quantitative estimate of drug-likeness (QED) is 0.694. The topological polar surface area (TPSA) is 29.9 Å². The lowest BCUT2D eigenvalue weighted by molar-refractivity contribution is 0.788. The van der Waals surface area contributed by atoms with Crippen molar-refractivity contribution < 1.29 is 0 Å². The highest BCUT2D eigenvalue weighted by Crippen LogP contribution is 2.34. The van der Waals surface area contributed by atoms with Crippen LogP contribution in [0, 0.1) is 0 Å². The summed E-state index contributed by atoms with van der Waals surface area (Å²) in [6.45, 7) is 0.758. The summed E-state index contributed by atoms with van der Waals surface area (Å²) in [6.07, 6.45) is 2.04. The molecule has 3 nitrogen and oxygen atoms in total. The molecule has 0 saturated carbocycles. The first-order chi connectivity index (χ1) is 9.81. The van der Waals surface area contributed by atoms with E-state index in [2.05, 4.69) is 22.0 Å². The molecule has 5 heteroatoms. The van der Waals surface area contributed by atoms with Gasteiger partial charge in [0.25, 0.3) is 0 Å². The second kappa shape index (κ2) is 4.54. The van der Waals surface area contributed by atoms with Gasteiger partial charge in [0, 0.05) is 11.8 Å². The van der Waals surface area contributed by atoms with Gasteiger partial charge in [-0.25, -0.2) is 4.98 Å². The average molecular weight is 297 g/mol. The van der Waals surface area contributed by atoms with E-state index in [0.29, 0.717) is 0 Å². The minimum absolute atomic E-state index is 0.758. The number of nitrogens with one attached hydrogen (secondary N) is 1. The van der Waals surface area contributed by atoms with Gasteiger partial charge in [0.15, 0.2) is 0 Å². The first-order valence-corrected chi connectivity index (χ1v) is 7.55. The monoisotopic (exact) mass is 297 g/mol. The number of aromatic nitrogens is 2. The second-order valence-electron chi connectivity index (χ2n) is 4.64. The van der Waals surface area contributed by atoms with Crippen molar-refractivity contribution in [3.63, 3.8) is 0 Å². The molecule has 1 aliphatic rings. The van der Waals surface area contributed by atoms with E-state index < -0.39 is 0 Å². The lowest BCUT2D eigenvalue weighted by atomic mass is 10.2. The summed E-state index contributed by atoms with van der Waals surface area (Å²) in [6, 6.07) is 14.3. The normalized spacial score (nSPS) is 13.3. The third-order valence-corrected chi connectivity index (χ3v) is 4.70. The fourth-order valence-corrected chi connectivity index (χ4v) is 3.68. The number of fused-ring (bicyclic) bond motifs is 2. The Bertz CT molecular complexity index is 787. The van der Waals surface area contributed by atoms with E-state index in [1.807, 2.05) is 36.5 Å². The summed E-state index contributed by atoms with van der Waals surface area (Å²) in [4.78, 5) is 5.53. The zero-order chi connectivity index (χ0) is 13.5. The summed E-state index contributed by atoms with van der Waals surface area (Å²) in [5.74, 6) is 0. The SMILES string of the molecule is S=C1Nc2sc(-c3ccccc3)nc2Cn2cccc21. The maximum absolute atomic E-state index is 5.45. The summed E-state index contributed by atoms with van der Waals surface area (Å²) in [7, 11) is 0. The fourth-order valence-electron chi connectivity index (χ4n) is 2.35. The zero-order valence-electron chi connectivity index (χ0n) is 10.5. The molecule has 1 aliphatic heterocycles. The molecule has 0 radical (unpaired) electrons. The van der Waals surface area contributed by atoms with Crippen LogP contribution < -0.4 is 5.32 Å². The average Bonchev–Trinajstić information content (AvgIpc) is 3.06. The van der Waals surface area contributed by atoms with Crippen molar-refractivity contribution in [1.82, 2.24) is 9.55 Å². The lowest BCUT2D eigenvalue weighted by Gasteiger charge is -2.04. The van der Waals surface area contributed by atoms with Gasteiger partial charge in [-0.2, -0.15) is 0 Å². The van der Waals surface area contributed by atoms with Gasteiger partial charge in [-0.3, -0.25) is 0 Å². The van der Waals surface area contributed by atoms with Crippen molar-refractivity contribution in [2.75, 3.05) is 5.32 Å². The smallest absolute Gasteiger partial charge is 0.128 e. The van der Waals surface area contributed by atoms with Crippen LogP contribution in [0.3, 0.4) is 0 Å². The number of rotatable bonds is 1. The number of nitrogens with zero attached hydrogens (tertiary/aromatic N) is 2. The molecule has 0 spiro atoms. The number of anilines is 1. The molecule has 3 heterocycles. The van der Waals surface area contributed by atoms with Gasteiger partial charge in [0.2, 0.25) is 0 Å². The molecule has 0 atom stereocenters. The van der Waals surface area contributed by atoms with E-state index in [9.17, 15) is 0 Å². The van der Waals surface area contributed by atoms with Crippen molar-refractivity contribution in [2.45, 2.75) is 6.54 Å². The van der Waals surface area contributed by atoms with Crippen LogP contribution in [-0.2, 0) is 6.54 Å². The summed E-state index contributed by atoms with van der Waals surface area (Å²) in [5, 5.41) is 5.40. The Kier molecular flexibility index (Phi) is 2.68. The molecule has 0 amide bonds. The molecule has 20 heavy (non-hydrogen) atoms. The predicted octanol–water partition coefficient (Wildman–Crippen LogP) is 3.76. The molecule has 0 saturated heterocycles. The van der Waals surface area contributed by atoms with E-state index in [-0.39, 0.29) is 0 Å². The van der Waals surface area contributed by atoms with Gasteiger partial charge in [-0.05, 0) is 12.1 Å². The van der Waals surface area contributed by atoms with Crippen molar-refractivity contribution in [3.05, 3.63) is 60.0 Å². The van der Waals surface area contributed by atoms with E-state index in [1.54, 1.807) is 11.3 Å². The predicted molar refractivity (Wildman–Crippen MR) is 86.4 cm³/mol. The first-order valence-electron chi connectivity index (χ1n) is 6.33. The van der Waals surface area contributed by atoms with Crippen LogP contribution in [-0.4, -0.2) is 14.5 Å². The van der Waals surface area contributed by atoms with Crippen LogP contribution in [0.4, 0.5) is 5.00 Å². The maximum Gasteiger partial charge on any atom is 0.128 e. The highest BCUT2D eigenvalue weighted by atomic mass is 32.1. The Morgan fingerprint density at radius 2 is 2.00 bits per heavy atom. The molecule has 0 unspecified atom stereocenters. The lowest BCUT2D eigenvalue weighted by Crippen LogP contribution is -2.11. The molecular weight excluding hydrogens is 286 g/mol. The summed E-state index contributed by atoms with van der Waals surface area (Å²) < 4.78 is 2.13. The van der Waals surface area contributed by atoms with E-state index in [4.69, 9.17) is 17.2 Å². The minimum Gasteiger partial charge on any atom is -0.339 e. The third-order valence-electron chi connectivity index (χ3n) is 3.33. The Balaban J connectivity index is 1.80. The van der Waals surface area contributed by atoms with Gasteiger partial charge >= 0.3 is 0 Å². The Labute approximate surface area is 125 Å². The van der Waals surface area contributed by atoms with Crippen molar-refractivity contribution >= 4 is 33.5 Å². The molecule has 98 valence electrons. The fraction of sp³-hybridized carbons (Fsp3) is 0.0667. The summed E-state index contributed by atoms with van der Waals surface area (Å²) in [5.41, 5.74) is 3.24. The number of hydrogen-bond acceptors (Lipinski definition) is 3. The van der Waals surface area contributed by atoms with Gasteiger partial charge in [-0.1, -0.05) is 53.9 Å². The molecular formula is C15H11N3S2. The standard InChI is InChI=1S/C15H11N3S2/c19-13-12-7-4-8-18(12)9-11-15(17-13)20-14(16-11)10-5-2-1-3-6-10/h1-8H,9H2,(H,17,19). The van der Waals surface area contributed by atoms with E-state index >= 15 is 0 Å². The molecule has 0 aliphatic carbocycles. The minimum atomic E-state index is 0.758. The van der Waals surface area contributed by atoms with Gasteiger partial charge in [-0.15, -0.1) is 0 Å². The first kappa shape index (κ1) is 11.8. The third kappa shape index (κ3) is 1.87.